The van der Waals surface area contributed by atoms with E-state index in [1.54, 1.807) is 36.4 Å². The highest BCUT2D eigenvalue weighted by atomic mass is 35.5. The number of halogens is 1. The number of amides is 1. The molecule has 0 atom stereocenters. The van der Waals surface area contributed by atoms with E-state index in [-0.39, 0.29) is 17.3 Å². The highest BCUT2D eigenvalue weighted by Gasteiger charge is 2.25. The fraction of sp³-hybridized carbons (Fsp3) is 0.136. The predicted octanol–water partition coefficient (Wildman–Crippen LogP) is 5.00. The van der Waals surface area contributed by atoms with Crippen LogP contribution < -0.4 is 9.62 Å². The summed E-state index contributed by atoms with van der Waals surface area (Å²) in [5.41, 5.74) is 2.96. The third kappa shape index (κ3) is 5.16. The van der Waals surface area contributed by atoms with E-state index < -0.39 is 10.0 Å². The molecule has 0 saturated heterocycles. The molecule has 3 rings (SSSR count). The van der Waals surface area contributed by atoms with Crippen molar-refractivity contribution in [3.05, 3.63) is 88.9 Å². The molecular weight excluding hydrogens is 408 g/mol. The zero-order valence-electron chi connectivity index (χ0n) is 16.1. The molecule has 0 unspecified atom stereocenters. The number of hydrogen-bond acceptors (Lipinski definition) is 3. The lowest BCUT2D eigenvalue weighted by atomic mass is 10.1. The molecule has 0 radical (unpaired) electrons. The van der Waals surface area contributed by atoms with Crippen LogP contribution in [0.4, 0.5) is 11.4 Å². The largest absolute Gasteiger partial charge is 0.326 e. The molecule has 5 nitrogen and oxygen atoms in total. The van der Waals surface area contributed by atoms with Gasteiger partial charge in [0.15, 0.2) is 0 Å². The highest BCUT2D eigenvalue weighted by molar-refractivity contribution is 7.92. The summed E-state index contributed by atoms with van der Waals surface area (Å²) in [4.78, 5) is 11.3. The van der Waals surface area contributed by atoms with Crippen LogP contribution in [-0.2, 0) is 21.4 Å². The Morgan fingerprint density at radius 2 is 1.66 bits per heavy atom. The van der Waals surface area contributed by atoms with E-state index in [4.69, 9.17) is 11.6 Å². The summed E-state index contributed by atoms with van der Waals surface area (Å²) in [6, 6.07) is 20.5. The summed E-state index contributed by atoms with van der Waals surface area (Å²) in [5, 5.41) is 3.08. The van der Waals surface area contributed by atoms with Gasteiger partial charge >= 0.3 is 0 Å². The van der Waals surface area contributed by atoms with Gasteiger partial charge in [-0.1, -0.05) is 47.5 Å². The fourth-order valence-corrected chi connectivity index (χ4v) is 4.48. The van der Waals surface area contributed by atoms with Crippen molar-refractivity contribution in [2.45, 2.75) is 25.3 Å². The first-order chi connectivity index (χ1) is 13.8. The Balaban J connectivity index is 2.01. The zero-order chi connectivity index (χ0) is 21.0. The summed E-state index contributed by atoms with van der Waals surface area (Å²) >= 11 is 6.12. The molecule has 1 amide bonds. The van der Waals surface area contributed by atoms with E-state index in [1.165, 1.54) is 23.4 Å². The van der Waals surface area contributed by atoms with Crippen LogP contribution in [-0.4, -0.2) is 14.3 Å². The molecule has 150 valence electrons. The number of anilines is 2. The number of carbonyl (C=O) groups is 1. The molecule has 3 aromatic carbocycles. The molecule has 0 spiro atoms. The van der Waals surface area contributed by atoms with Gasteiger partial charge in [0.2, 0.25) is 5.91 Å². The minimum atomic E-state index is -3.86. The minimum Gasteiger partial charge on any atom is -0.326 e. The summed E-state index contributed by atoms with van der Waals surface area (Å²) in [6.07, 6.45) is 0. The third-order valence-electron chi connectivity index (χ3n) is 4.31. The quantitative estimate of drug-likeness (QED) is 0.600. The van der Waals surface area contributed by atoms with Crippen molar-refractivity contribution in [2.75, 3.05) is 9.62 Å². The number of sulfonamides is 1. The van der Waals surface area contributed by atoms with Crippen molar-refractivity contribution < 1.29 is 13.2 Å². The molecule has 0 aromatic heterocycles. The van der Waals surface area contributed by atoms with Gasteiger partial charge in [-0.3, -0.25) is 9.10 Å². The lowest BCUT2D eigenvalue weighted by Gasteiger charge is -2.25. The number of nitrogens with one attached hydrogen (secondary N) is 1. The second-order valence-electron chi connectivity index (χ2n) is 6.68. The van der Waals surface area contributed by atoms with Gasteiger partial charge in [-0.05, 0) is 55.0 Å². The maximum atomic E-state index is 13.4. The monoisotopic (exact) mass is 428 g/mol. The van der Waals surface area contributed by atoms with Gasteiger partial charge in [0, 0.05) is 17.6 Å². The summed E-state index contributed by atoms with van der Waals surface area (Å²) in [6.45, 7) is 3.54. The van der Waals surface area contributed by atoms with Crippen molar-refractivity contribution in [3.63, 3.8) is 0 Å². The Bertz CT molecular complexity index is 1110. The van der Waals surface area contributed by atoms with E-state index >= 15 is 0 Å². The van der Waals surface area contributed by atoms with Crippen LogP contribution in [0.15, 0.2) is 77.7 Å². The molecule has 0 aliphatic heterocycles. The Morgan fingerprint density at radius 1 is 1.00 bits per heavy atom. The van der Waals surface area contributed by atoms with E-state index in [1.807, 2.05) is 31.2 Å². The molecular formula is C22H21ClN2O3S. The first-order valence-electron chi connectivity index (χ1n) is 8.97. The molecule has 1 N–H and O–H groups in total. The average Bonchev–Trinajstić information content (AvgIpc) is 2.67. The van der Waals surface area contributed by atoms with Gasteiger partial charge in [-0.25, -0.2) is 8.42 Å². The Kier molecular flexibility index (Phi) is 6.25. The number of rotatable bonds is 6. The van der Waals surface area contributed by atoms with Crippen LogP contribution in [0, 0.1) is 6.92 Å². The summed E-state index contributed by atoms with van der Waals surface area (Å²) in [7, 11) is -3.86. The molecule has 0 heterocycles. The van der Waals surface area contributed by atoms with Crippen LogP contribution >= 0.6 is 11.6 Å². The van der Waals surface area contributed by atoms with Gasteiger partial charge in [-0.15, -0.1) is 0 Å². The molecule has 0 saturated carbocycles. The normalized spacial score (nSPS) is 11.1. The number of carbonyl (C=O) groups excluding carboxylic acids is 1. The third-order valence-corrected chi connectivity index (χ3v) is 6.33. The molecule has 3 aromatic rings. The van der Waals surface area contributed by atoms with Gasteiger partial charge in [0.1, 0.15) is 0 Å². The SMILES string of the molecule is CC(=O)Nc1ccc(S(=O)(=O)N(Cc2ccc(C)cc2)c2cccc(Cl)c2)cc1. The van der Waals surface area contributed by atoms with Crippen LogP contribution in [0.2, 0.25) is 5.02 Å². The van der Waals surface area contributed by atoms with Crippen molar-refractivity contribution >= 4 is 38.9 Å². The molecule has 0 fully saturated rings. The molecule has 7 heteroatoms. The number of hydrogen-bond donors (Lipinski definition) is 1. The maximum absolute atomic E-state index is 13.4. The first-order valence-corrected chi connectivity index (χ1v) is 10.8. The molecule has 29 heavy (non-hydrogen) atoms. The number of benzene rings is 3. The smallest absolute Gasteiger partial charge is 0.264 e. The van der Waals surface area contributed by atoms with Crippen LogP contribution in [0.25, 0.3) is 0 Å². The topological polar surface area (TPSA) is 66.5 Å². The first kappa shape index (κ1) is 20.9. The van der Waals surface area contributed by atoms with E-state index in [0.29, 0.717) is 16.4 Å². The second-order valence-corrected chi connectivity index (χ2v) is 8.98. The predicted molar refractivity (Wildman–Crippen MR) is 117 cm³/mol. The molecule has 0 aliphatic rings. The Morgan fingerprint density at radius 3 is 2.24 bits per heavy atom. The van der Waals surface area contributed by atoms with Gasteiger partial charge in [0.25, 0.3) is 10.0 Å². The number of aryl methyl sites for hydroxylation is 1. The lowest BCUT2D eigenvalue weighted by molar-refractivity contribution is -0.114. The maximum Gasteiger partial charge on any atom is 0.264 e. The summed E-state index contributed by atoms with van der Waals surface area (Å²) < 4.78 is 28.2. The van der Waals surface area contributed by atoms with Crippen molar-refractivity contribution in [1.29, 1.82) is 0 Å². The van der Waals surface area contributed by atoms with E-state index in [2.05, 4.69) is 5.32 Å². The lowest BCUT2D eigenvalue weighted by Crippen LogP contribution is -2.30. The van der Waals surface area contributed by atoms with Gasteiger partial charge in [0.05, 0.1) is 17.1 Å². The van der Waals surface area contributed by atoms with Crippen LogP contribution in [0.5, 0.6) is 0 Å². The summed E-state index contributed by atoms with van der Waals surface area (Å²) in [5.74, 6) is -0.222. The van der Waals surface area contributed by atoms with E-state index in [9.17, 15) is 13.2 Å². The average molecular weight is 429 g/mol. The standard InChI is InChI=1S/C22H21ClN2O3S/c1-16-6-8-18(9-7-16)15-25(21-5-3-4-19(23)14-21)29(27,28)22-12-10-20(11-13-22)24-17(2)26/h3-14H,15H2,1-2H3,(H,24,26). The van der Waals surface area contributed by atoms with Crippen molar-refractivity contribution in [3.8, 4) is 0 Å². The van der Waals surface area contributed by atoms with Gasteiger partial charge in [-0.2, -0.15) is 0 Å². The minimum absolute atomic E-state index is 0.124. The fourth-order valence-electron chi connectivity index (χ4n) is 2.85. The Labute approximate surface area is 176 Å². The van der Waals surface area contributed by atoms with Crippen LogP contribution in [0.3, 0.4) is 0 Å². The molecule has 0 aliphatic carbocycles. The second kappa shape index (κ2) is 8.68. The van der Waals surface area contributed by atoms with Crippen molar-refractivity contribution in [2.24, 2.45) is 0 Å². The van der Waals surface area contributed by atoms with Crippen LogP contribution in [0.1, 0.15) is 18.1 Å². The highest BCUT2D eigenvalue weighted by Crippen LogP contribution is 2.28. The van der Waals surface area contributed by atoms with Gasteiger partial charge < -0.3 is 5.32 Å². The molecule has 0 bridgehead atoms. The van der Waals surface area contributed by atoms with Crippen molar-refractivity contribution in [1.82, 2.24) is 0 Å². The number of nitrogens with zero attached hydrogens (tertiary/aromatic N) is 1. The Hall–Kier alpha value is -2.83. The zero-order valence-corrected chi connectivity index (χ0v) is 17.7. The van der Waals surface area contributed by atoms with E-state index in [0.717, 1.165) is 11.1 Å².